The van der Waals surface area contributed by atoms with Gasteiger partial charge in [0.1, 0.15) is 17.1 Å². The molecular weight excluding hydrogens is 396 g/mol. The summed E-state index contributed by atoms with van der Waals surface area (Å²) in [5, 5.41) is 20.1. The average Bonchev–Trinajstić information content (AvgIpc) is 3.30. The fraction of sp³-hybridized carbons (Fsp3) is 0.545. The maximum absolute atomic E-state index is 12.5. The minimum absolute atomic E-state index is 0.179. The van der Waals surface area contributed by atoms with Gasteiger partial charge in [0, 0.05) is 43.5 Å². The van der Waals surface area contributed by atoms with E-state index in [0.29, 0.717) is 5.82 Å². The molecule has 9 nitrogen and oxygen atoms in total. The minimum Gasteiger partial charge on any atom is -0.443 e. The van der Waals surface area contributed by atoms with E-state index in [1.807, 2.05) is 44.8 Å². The highest BCUT2D eigenvalue weighted by Crippen LogP contribution is 2.35. The third kappa shape index (κ3) is 4.41. The van der Waals surface area contributed by atoms with Crippen LogP contribution in [0.1, 0.15) is 52.5 Å². The summed E-state index contributed by atoms with van der Waals surface area (Å²) in [5.74, 6) is 0.497. The highest BCUT2D eigenvalue weighted by molar-refractivity contribution is 5.95. The number of aryl methyl sites for hydroxylation is 1. The van der Waals surface area contributed by atoms with E-state index in [9.17, 15) is 9.90 Å². The molecule has 0 bridgehead atoms. The van der Waals surface area contributed by atoms with Crippen molar-refractivity contribution < 1.29 is 14.6 Å². The van der Waals surface area contributed by atoms with Crippen LogP contribution in [0, 0.1) is 0 Å². The lowest BCUT2D eigenvalue weighted by molar-refractivity contribution is 0.0588. The van der Waals surface area contributed by atoms with E-state index in [1.54, 1.807) is 24.1 Å². The number of anilines is 1. The normalized spacial score (nSPS) is 19.5. The molecule has 0 saturated heterocycles. The first kappa shape index (κ1) is 21.3. The van der Waals surface area contributed by atoms with E-state index in [-0.39, 0.29) is 12.1 Å². The summed E-state index contributed by atoms with van der Waals surface area (Å²) >= 11 is 0. The van der Waals surface area contributed by atoms with E-state index in [0.717, 1.165) is 47.8 Å². The van der Waals surface area contributed by atoms with Crippen LogP contribution in [-0.4, -0.2) is 54.5 Å². The molecule has 0 aromatic carbocycles. The Morgan fingerprint density at radius 2 is 1.94 bits per heavy atom. The van der Waals surface area contributed by atoms with Crippen LogP contribution in [0.25, 0.3) is 22.2 Å². The summed E-state index contributed by atoms with van der Waals surface area (Å²) in [5.41, 5.74) is 2.04. The fourth-order valence-corrected chi connectivity index (χ4v) is 3.97. The number of carbonyl (C=O) groups excluding carboxylic acids is 1. The van der Waals surface area contributed by atoms with Crippen LogP contribution in [0.2, 0.25) is 0 Å². The van der Waals surface area contributed by atoms with Gasteiger partial charge in [-0.2, -0.15) is 10.2 Å². The molecular formula is C22H30N6O3. The van der Waals surface area contributed by atoms with Gasteiger partial charge in [-0.3, -0.25) is 14.3 Å². The molecule has 0 radical (unpaired) electrons. The van der Waals surface area contributed by atoms with Crippen molar-refractivity contribution >= 4 is 22.8 Å². The first-order valence-corrected chi connectivity index (χ1v) is 10.6. The molecule has 0 unspecified atom stereocenters. The monoisotopic (exact) mass is 426 g/mol. The standard InChI is InChI=1S/C22H30N6O3/c1-22(2,3)31-21(30)27(5)19-10-18-17(12-23-19)20(14-11-24-26(4)13-14)25-28(18)15-6-8-16(29)9-7-15/h10-13,15-16,29H,6-9H2,1-5H3/t15-,16-. The van der Waals surface area contributed by atoms with Crippen molar-refractivity contribution in [3.8, 4) is 11.3 Å². The Morgan fingerprint density at radius 1 is 1.23 bits per heavy atom. The van der Waals surface area contributed by atoms with Crippen molar-refractivity contribution in [1.29, 1.82) is 0 Å². The Balaban J connectivity index is 1.77. The molecule has 1 amide bonds. The maximum atomic E-state index is 12.5. The number of hydrogen-bond donors (Lipinski definition) is 1. The van der Waals surface area contributed by atoms with Crippen molar-refractivity contribution in [2.45, 2.75) is 64.2 Å². The van der Waals surface area contributed by atoms with Crippen LogP contribution >= 0.6 is 0 Å². The highest BCUT2D eigenvalue weighted by Gasteiger charge is 2.27. The van der Waals surface area contributed by atoms with Gasteiger partial charge in [-0.15, -0.1) is 0 Å². The second-order valence-corrected chi connectivity index (χ2v) is 9.26. The topological polar surface area (TPSA) is 98.3 Å². The lowest BCUT2D eigenvalue weighted by Crippen LogP contribution is -2.34. The van der Waals surface area contributed by atoms with E-state index in [1.165, 1.54) is 4.90 Å². The zero-order chi connectivity index (χ0) is 22.3. The third-order valence-electron chi connectivity index (χ3n) is 5.58. The Kier molecular flexibility index (Phi) is 5.47. The van der Waals surface area contributed by atoms with Crippen molar-refractivity contribution in [3.05, 3.63) is 24.7 Å². The number of aromatic nitrogens is 5. The molecule has 1 aliphatic carbocycles. The quantitative estimate of drug-likeness (QED) is 0.686. The molecule has 1 fully saturated rings. The van der Waals surface area contributed by atoms with Gasteiger partial charge >= 0.3 is 6.09 Å². The molecule has 0 aliphatic heterocycles. The van der Waals surface area contributed by atoms with Gasteiger partial charge in [-0.1, -0.05) is 0 Å². The molecule has 166 valence electrons. The van der Waals surface area contributed by atoms with Gasteiger partial charge in [0.15, 0.2) is 0 Å². The molecule has 0 spiro atoms. The van der Waals surface area contributed by atoms with E-state index >= 15 is 0 Å². The smallest absolute Gasteiger partial charge is 0.415 e. The number of amides is 1. The number of fused-ring (bicyclic) bond motifs is 1. The fourth-order valence-electron chi connectivity index (χ4n) is 3.97. The number of hydrogen-bond acceptors (Lipinski definition) is 6. The Bertz CT molecular complexity index is 1090. The molecule has 31 heavy (non-hydrogen) atoms. The van der Waals surface area contributed by atoms with Crippen molar-refractivity contribution in [1.82, 2.24) is 24.5 Å². The van der Waals surface area contributed by atoms with Gasteiger partial charge in [0.25, 0.3) is 0 Å². The highest BCUT2D eigenvalue weighted by atomic mass is 16.6. The number of pyridine rings is 1. The predicted molar refractivity (Wildman–Crippen MR) is 118 cm³/mol. The summed E-state index contributed by atoms with van der Waals surface area (Å²) in [4.78, 5) is 18.5. The lowest BCUT2D eigenvalue weighted by Gasteiger charge is -2.26. The second kappa shape index (κ2) is 7.96. The van der Waals surface area contributed by atoms with Crippen LogP contribution in [0.4, 0.5) is 10.6 Å². The molecule has 1 saturated carbocycles. The number of rotatable bonds is 3. The number of aliphatic hydroxyl groups is 1. The minimum atomic E-state index is -0.590. The number of nitrogens with zero attached hydrogens (tertiary/aromatic N) is 6. The van der Waals surface area contributed by atoms with E-state index in [2.05, 4.69) is 10.1 Å². The van der Waals surface area contributed by atoms with Crippen LogP contribution in [0.5, 0.6) is 0 Å². The van der Waals surface area contributed by atoms with Crippen molar-refractivity contribution in [2.24, 2.45) is 7.05 Å². The van der Waals surface area contributed by atoms with Gasteiger partial charge in [-0.25, -0.2) is 9.78 Å². The summed E-state index contributed by atoms with van der Waals surface area (Å²) in [6.45, 7) is 5.51. The molecule has 9 heteroatoms. The van der Waals surface area contributed by atoms with Crippen LogP contribution < -0.4 is 4.90 Å². The summed E-state index contributed by atoms with van der Waals surface area (Å²) in [7, 11) is 3.53. The number of ether oxygens (including phenoxy) is 1. The van der Waals surface area contributed by atoms with E-state index < -0.39 is 11.7 Å². The SMILES string of the molecule is CN(C(=O)OC(C)(C)C)c1cc2c(cn1)c(-c1cnn(C)c1)nn2[C@H]1CC[C@H](O)CC1. The Labute approximate surface area is 181 Å². The van der Waals surface area contributed by atoms with Crippen molar-refractivity contribution in [3.63, 3.8) is 0 Å². The second-order valence-electron chi connectivity index (χ2n) is 9.26. The van der Waals surface area contributed by atoms with Gasteiger partial charge in [0.05, 0.1) is 23.9 Å². The zero-order valence-electron chi connectivity index (χ0n) is 18.7. The number of carbonyl (C=O) groups is 1. The first-order valence-electron chi connectivity index (χ1n) is 10.6. The molecule has 1 N–H and O–H groups in total. The molecule has 1 aliphatic rings. The summed E-state index contributed by atoms with van der Waals surface area (Å²) in [6, 6.07) is 2.07. The van der Waals surface area contributed by atoms with Gasteiger partial charge in [-0.05, 0) is 46.5 Å². The zero-order valence-corrected chi connectivity index (χ0v) is 18.7. The van der Waals surface area contributed by atoms with E-state index in [4.69, 9.17) is 9.84 Å². The Hall–Kier alpha value is -2.94. The molecule has 0 atom stereocenters. The van der Waals surface area contributed by atoms with Gasteiger partial charge < -0.3 is 9.84 Å². The molecule has 3 heterocycles. The number of aliphatic hydroxyl groups excluding tert-OH is 1. The molecule has 3 aromatic rings. The largest absolute Gasteiger partial charge is 0.443 e. The molecule has 4 rings (SSSR count). The lowest BCUT2D eigenvalue weighted by atomic mass is 9.93. The van der Waals surface area contributed by atoms with Crippen LogP contribution in [0.3, 0.4) is 0 Å². The Morgan fingerprint density at radius 3 is 2.55 bits per heavy atom. The van der Waals surface area contributed by atoms with Crippen LogP contribution in [0.15, 0.2) is 24.7 Å². The van der Waals surface area contributed by atoms with Crippen LogP contribution in [-0.2, 0) is 11.8 Å². The summed E-state index contributed by atoms with van der Waals surface area (Å²) in [6.07, 6.45) is 7.98. The molecule has 3 aromatic heterocycles. The summed E-state index contributed by atoms with van der Waals surface area (Å²) < 4.78 is 9.26. The average molecular weight is 427 g/mol. The first-order chi connectivity index (χ1) is 14.6. The maximum Gasteiger partial charge on any atom is 0.415 e. The van der Waals surface area contributed by atoms with Gasteiger partial charge in [0.2, 0.25) is 0 Å². The third-order valence-corrected chi connectivity index (χ3v) is 5.58. The predicted octanol–water partition coefficient (Wildman–Crippen LogP) is 3.68. The van der Waals surface area contributed by atoms with Crippen molar-refractivity contribution in [2.75, 3.05) is 11.9 Å².